The van der Waals surface area contributed by atoms with Gasteiger partial charge in [-0.3, -0.25) is 0 Å². The second-order valence-electron chi connectivity index (χ2n) is 5.88. The van der Waals surface area contributed by atoms with E-state index in [9.17, 15) is 0 Å². The summed E-state index contributed by atoms with van der Waals surface area (Å²) in [6.07, 6.45) is 4.62. The number of ether oxygens (including phenoxy) is 1. The molecule has 0 unspecified atom stereocenters. The summed E-state index contributed by atoms with van der Waals surface area (Å²) >= 11 is 0. The molecule has 1 aromatic carbocycles. The highest BCUT2D eigenvalue weighted by molar-refractivity contribution is 5.80. The van der Waals surface area contributed by atoms with Crippen molar-refractivity contribution in [3.05, 3.63) is 46.3 Å². The van der Waals surface area contributed by atoms with Gasteiger partial charge >= 0.3 is 0 Å². The Morgan fingerprint density at radius 2 is 1.88 bits per heavy atom. The van der Waals surface area contributed by atoms with E-state index >= 15 is 0 Å². The van der Waals surface area contributed by atoms with Crippen LogP contribution in [0.5, 0.6) is 5.75 Å². The smallest absolute Gasteiger partial charge is 0.136 e. The zero-order chi connectivity index (χ0) is 17.4. The maximum atomic E-state index is 5.97. The summed E-state index contributed by atoms with van der Waals surface area (Å²) in [4.78, 5) is 5.00. The van der Waals surface area contributed by atoms with Crippen molar-refractivity contribution in [3.63, 3.8) is 0 Å². The van der Waals surface area contributed by atoms with Gasteiger partial charge in [-0.25, -0.2) is 0 Å². The normalized spacial score (nSPS) is 11.2. The highest BCUT2D eigenvalue weighted by Gasteiger charge is 2.06. The molecule has 2 rings (SSSR count). The Morgan fingerprint density at radius 1 is 1.12 bits per heavy atom. The van der Waals surface area contributed by atoms with Crippen LogP contribution < -0.4 is 4.74 Å². The summed E-state index contributed by atoms with van der Waals surface area (Å²) in [5, 5.41) is 7.80. The molecule has 24 heavy (non-hydrogen) atoms. The molecule has 0 aliphatic heterocycles. The number of aryl methyl sites for hydroxylation is 4. The summed E-state index contributed by atoms with van der Waals surface area (Å²) in [6.45, 7) is 9.22. The summed E-state index contributed by atoms with van der Waals surface area (Å²) in [7, 11) is 0. The first kappa shape index (κ1) is 18.0. The molecule has 5 heteroatoms. The third-order valence-electron chi connectivity index (χ3n) is 3.63. The van der Waals surface area contributed by atoms with Gasteiger partial charge in [-0.1, -0.05) is 10.3 Å². The van der Waals surface area contributed by atoms with Gasteiger partial charge in [-0.15, -0.1) is 0 Å². The second-order valence-corrected chi connectivity index (χ2v) is 5.88. The van der Waals surface area contributed by atoms with E-state index in [0.717, 1.165) is 53.2 Å². The first-order valence-electron chi connectivity index (χ1n) is 8.41. The lowest BCUT2D eigenvalue weighted by Crippen LogP contribution is -2.02. The van der Waals surface area contributed by atoms with Gasteiger partial charge in [0, 0.05) is 12.5 Å². The standard InChI is InChI=1S/C19H26N2O3/c1-5-23-20-13-17-10-14(2)19(15(3)11-17)22-9-7-6-8-18-12-16(4)21-24-18/h10-13H,5-9H2,1-4H3. The van der Waals surface area contributed by atoms with Gasteiger partial charge in [-0.2, -0.15) is 0 Å². The van der Waals surface area contributed by atoms with Gasteiger partial charge < -0.3 is 14.1 Å². The van der Waals surface area contributed by atoms with E-state index in [1.54, 1.807) is 6.21 Å². The number of rotatable bonds is 9. The predicted octanol–water partition coefficient (Wildman–Crippen LogP) is 4.37. The first-order valence-corrected chi connectivity index (χ1v) is 8.41. The molecule has 0 aliphatic rings. The van der Waals surface area contributed by atoms with Crippen LogP contribution in [0.25, 0.3) is 0 Å². The fourth-order valence-electron chi connectivity index (χ4n) is 2.57. The Kier molecular flexibility index (Phi) is 6.85. The molecule has 1 aromatic heterocycles. The van der Waals surface area contributed by atoms with Crippen LogP contribution in [0.2, 0.25) is 0 Å². The molecule has 0 spiro atoms. The monoisotopic (exact) mass is 330 g/mol. The largest absolute Gasteiger partial charge is 0.493 e. The van der Waals surface area contributed by atoms with Crippen LogP contribution in [-0.2, 0) is 11.3 Å². The Balaban J connectivity index is 1.81. The fraction of sp³-hybridized carbons (Fsp3) is 0.474. The van der Waals surface area contributed by atoms with Gasteiger partial charge in [0.1, 0.15) is 18.1 Å². The van der Waals surface area contributed by atoms with Crippen molar-refractivity contribution in [1.82, 2.24) is 5.16 Å². The van der Waals surface area contributed by atoms with Gasteiger partial charge in [-0.05, 0) is 69.4 Å². The molecular weight excluding hydrogens is 304 g/mol. The third-order valence-corrected chi connectivity index (χ3v) is 3.63. The zero-order valence-corrected chi connectivity index (χ0v) is 15.0. The number of hydrogen-bond donors (Lipinski definition) is 0. The first-order chi connectivity index (χ1) is 11.6. The molecule has 0 fully saturated rings. The van der Waals surface area contributed by atoms with Crippen LogP contribution >= 0.6 is 0 Å². The molecule has 0 radical (unpaired) electrons. The van der Waals surface area contributed by atoms with Crippen LogP contribution in [0, 0.1) is 20.8 Å². The quantitative estimate of drug-likeness (QED) is 0.389. The van der Waals surface area contributed by atoms with E-state index in [1.165, 1.54) is 0 Å². The average Bonchev–Trinajstić information content (AvgIpc) is 2.95. The van der Waals surface area contributed by atoms with Crippen LogP contribution in [0.4, 0.5) is 0 Å². The Labute approximate surface area is 143 Å². The van der Waals surface area contributed by atoms with Gasteiger partial charge in [0.25, 0.3) is 0 Å². The topological polar surface area (TPSA) is 56.9 Å². The highest BCUT2D eigenvalue weighted by Crippen LogP contribution is 2.24. The lowest BCUT2D eigenvalue weighted by molar-refractivity contribution is 0.160. The number of aromatic nitrogens is 1. The summed E-state index contributed by atoms with van der Waals surface area (Å²) in [5.74, 6) is 1.90. The second kappa shape index (κ2) is 9.11. The highest BCUT2D eigenvalue weighted by atomic mass is 16.6. The van der Waals surface area contributed by atoms with Crippen molar-refractivity contribution in [2.75, 3.05) is 13.2 Å². The third kappa shape index (κ3) is 5.41. The van der Waals surface area contributed by atoms with Crippen molar-refractivity contribution in [1.29, 1.82) is 0 Å². The molecule has 1 heterocycles. The van der Waals surface area contributed by atoms with Crippen molar-refractivity contribution < 1.29 is 14.1 Å². The van der Waals surface area contributed by atoms with E-state index in [4.69, 9.17) is 14.1 Å². The molecular formula is C19H26N2O3. The Bertz CT molecular complexity index is 654. The van der Waals surface area contributed by atoms with Crippen molar-refractivity contribution in [3.8, 4) is 5.75 Å². The lowest BCUT2D eigenvalue weighted by atomic mass is 10.1. The molecule has 0 atom stereocenters. The minimum Gasteiger partial charge on any atom is -0.493 e. The molecule has 5 nitrogen and oxygen atoms in total. The molecule has 0 N–H and O–H groups in total. The number of nitrogens with zero attached hydrogens (tertiary/aromatic N) is 2. The molecule has 0 saturated heterocycles. The minimum atomic E-state index is 0.573. The van der Waals surface area contributed by atoms with Crippen molar-refractivity contribution in [2.45, 2.75) is 47.0 Å². The van der Waals surface area contributed by atoms with Crippen LogP contribution in [0.15, 0.2) is 27.9 Å². The predicted molar refractivity (Wildman–Crippen MR) is 94.8 cm³/mol. The van der Waals surface area contributed by atoms with Crippen LogP contribution in [-0.4, -0.2) is 24.6 Å². The average molecular weight is 330 g/mol. The zero-order valence-electron chi connectivity index (χ0n) is 15.0. The van der Waals surface area contributed by atoms with E-state index < -0.39 is 0 Å². The van der Waals surface area contributed by atoms with Gasteiger partial charge in [0.2, 0.25) is 0 Å². The van der Waals surface area contributed by atoms with Gasteiger partial charge in [0.05, 0.1) is 18.5 Å². The van der Waals surface area contributed by atoms with Crippen LogP contribution in [0.3, 0.4) is 0 Å². The van der Waals surface area contributed by atoms with Crippen molar-refractivity contribution >= 4 is 6.21 Å². The van der Waals surface area contributed by atoms with E-state index in [-0.39, 0.29) is 0 Å². The maximum Gasteiger partial charge on any atom is 0.136 e. The number of benzene rings is 1. The molecule has 0 saturated carbocycles. The maximum absolute atomic E-state index is 5.97. The van der Waals surface area contributed by atoms with E-state index in [2.05, 4.69) is 36.3 Å². The van der Waals surface area contributed by atoms with Crippen molar-refractivity contribution in [2.24, 2.45) is 5.16 Å². The van der Waals surface area contributed by atoms with Gasteiger partial charge in [0.15, 0.2) is 0 Å². The SMILES string of the molecule is CCON=Cc1cc(C)c(OCCCCc2cc(C)no2)c(C)c1. The van der Waals surface area contributed by atoms with E-state index in [1.807, 2.05) is 19.9 Å². The number of hydrogen-bond acceptors (Lipinski definition) is 5. The summed E-state index contributed by atoms with van der Waals surface area (Å²) < 4.78 is 11.2. The number of oxime groups is 1. The molecule has 0 bridgehead atoms. The summed E-state index contributed by atoms with van der Waals surface area (Å²) in [6, 6.07) is 6.10. The molecule has 130 valence electrons. The Morgan fingerprint density at radius 3 is 2.50 bits per heavy atom. The fourth-order valence-corrected chi connectivity index (χ4v) is 2.57. The summed E-state index contributed by atoms with van der Waals surface area (Å²) in [5.41, 5.74) is 4.17. The minimum absolute atomic E-state index is 0.573. The molecule has 2 aromatic rings. The molecule has 0 amide bonds. The van der Waals surface area contributed by atoms with Crippen LogP contribution in [0.1, 0.15) is 47.9 Å². The van der Waals surface area contributed by atoms with E-state index in [0.29, 0.717) is 13.2 Å². The number of unbranched alkanes of at least 4 members (excludes halogenated alkanes) is 1. The molecule has 0 aliphatic carbocycles. The lowest BCUT2D eigenvalue weighted by Gasteiger charge is -2.13. The Hall–Kier alpha value is -2.30.